The highest BCUT2D eigenvalue weighted by Gasteiger charge is 2.27. The van der Waals surface area contributed by atoms with Crippen LogP contribution in [0.4, 0.5) is 5.69 Å². The van der Waals surface area contributed by atoms with Gasteiger partial charge in [-0.1, -0.05) is 23.7 Å². The summed E-state index contributed by atoms with van der Waals surface area (Å²) in [6.07, 6.45) is 0. The number of hydrogen-bond donors (Lipinski definition) is 0. The monoisotopic (exact) mass is 341 g/mol. The van der Waals surface area contributed by atoms with E-state index in [1.807, 2.05) is 36.4 Å². The lowest BCUT2D eigenvalue weighted by atomic mass is 10.1. The number of hydrogen-bond acceptors (Lipinski definition) is 4. The summed E-state index contributed by atoms with van der Waals surface area (Å²) in [5.41, 5.74) is 1.81. The van der Waals surface area contributed by atoms with E-state index >= 15 is 0 Å². The number of para-hydroxylation sites is 1. The predicted octanol–water partition coefficient (Wildman–Crippen LogP) is 4.16. The molecule has 2 aliphatic heterocycles. The lowest BCUT2D eigenvalue weighted by Gasteiger charge is -2.39. The molecule has 2 heterocycles. The summed E-state index contributed by atoms with van der Waals surface area (Å²) in [7, 11) is 2.17. The van der Waals surface area contributed by atoms with Gasteiger partial charge in [0, 0.05) is 30.7 Å². The number of benzene rings is 2. The smallest absolute Gasteiger partial charge is 0.153 e. The molecular weight excluding hydrogens is 322 g/mol. The maximum absolute atomic E-state index is 6.17. The Hall–Kier alpha value is -2.04. The Labute approximate surface area is 147 Å². The minimum Gasteiger partial charge on any atom is -0.454 e. The summed E-state index contributed by atoms with van der Waals surface area (Å²) >= 11 is 6.17. The van der Waals surface area contributed by atoms with E-state index in [-0.39, 0.29) is 0 Å². The summed E-state index contributed by atoms with van der Waals surface area (Å²) in [4.78, 5) is 9.67. The van der Waals surface area contributed by atoms with Crippen molar-refractivity contribution in [2.45, 2.75) is 13.0 Å². The average Bonchev–Trinajstić information content (AvgIpc) is 2.74. The third-order valence-corrected chi connectivity index (χ3v) is 4.99. The van der Waals surface area contributed by atoms with Gasteiger partial charge in [0.25, 0.3) is 0 Å². The number of amidine groups is 1. The van der Waals surface area contributed by atoms with Crippen molar-refractivity contribution >= 4 is 23.1 Å². The van der Waals surface area contributed by atoms with E-state index in [0.717, 1.165) is 48.2 Å². The molecule has 0 aliphatic carbocycles. The SMILES string of the molecule is CC1CN(C2=Nc3cc(Cl)ccc3Oc3ccccc32)CCN1C. The molecule has 0 spiro atoms. The fraction of sp³-hybridized carbons (Fsp3) is 0.316. The van der Waals surface area contributed by atoms with Gasteiger partial charge in [0.05, 0.1) is 5.56 Å². The zero-order chi connectivity index (χ0) is 16.7. The molecule has 4 nitrogen and oxygen atoms in total. The molecule has 2 aromatic carbocycles. The lowest BCUT2D eigenvalue weighted by molar-refractivity contribution is 0.153. The first-order chi connectivity index (χ1) is 11.6. The number of piperazine rings is 1. The van der Waals surface area contributed by atoms with Crippen molar-refractivity contribution in [3.8, 4) is 11.5 Å². The van der Waals surface area contributed by atoms with E-state index in [4.69, 9.17) is 21.3 Å². The molecule has 0 aromatic heterocycles. The normalized spacial score (nSPS) is 20.5. The maximum atomic E-state index is 6.17. The van der Waals surface area contributed by atoms with E-state index in [2.05, 4.69) is 29.8 Å². The van der Waals surface area contributed by atoms with Gasteiger partial charge in [0.1, 0.15) is 17.3 Å². The van der Waals surface area contributed by atoms with Gasteiger partial charge in [-0.2, -0.15) is 0 Å². The first kappa shape index (κ1) is 15.5. The number of likely N-dealkylation sites (N-methyl/N-ethyl adjacent to an activating group) is 1. The number of rotatable bonds is 0. The predicted molar refractivity (Wildman–Crippen MR) is 97.8 cm³/mol. The van der Waals surface area contributed by atoms with Crippen LogP contribution in [0.2, 0.25) is 5.02 Å². The molecule has 124 valence electrons. The van der Waals surface area contributed by atoms with Crippen molar-refractivity contribution in [2.75, 3.05) is 26.7 Å². The number of nitrogens with zero attached hydrogens (tertiary/aromatic N) is 3. The van der Waals surface area contributed by atoms with Gasteiger partial charge in [-0.3, -0.25) is 0 Å². The van der Waals surface area contributed by atoms with Gasteiger partial charge >= 0.3 is 0 Å². The molecule has 0 bridgehead atoms. The van der Waals surface area contributed by atoms with Crippen molar-refractivity contribution in [3.05, 3.63) is 53.1 Å². The molecule has 0 N–H and O–H groups in total. The van der Waals surface area contributed by atoms with Crippen LogP contribution in [-0.2, 0) is 0 Å². The third kappa shape index (κ3) is 2.76. The van der Waals surface area contributed by atoms with Gasteiger partial charge in [-0.25, -0.2) is 4.99 Å². The molecule has 1 fully saturated rings. The van der Waals surface area contributed by atoms with Crippen LogP contribution in [0.3, 0.4) is 0 Å². The lowest BCUT2D eigenvalue weighted by Crippen LogP contribution is -2.52. The summed E-state index contributed by atoms with van der Waals surface area (Å²) in [6.45, 7) is 5.16. The zero-order valence-electron chi connectivity index (χ0n) is 13.9. The quantitative estimate of drug-likeness (QED) is 0.720. The highest BCUT2D eigenvalue weighted by molar-refractivity contribution is 6.31. The Kier molecular flexibility index (Phi) is 3.94. The summed E-state index contributed by atoms with van der Waals surface area (Å²) in [6, 6.07) is 14.1. The minimum atomic E-state index is 0.483. The van der Waals surface area contributed by atoms with Crippen LogP contribution in [0.5, 0.6) is 11.5 Å². The molecule has 0 amide bonds. The molecule has 5 heteroatoms. The van der Waals surface area contributed by atoms with Crippen molar-refractivity contribution in [1.82, 2.24) is 9.80 Å². The number of aliphatic imine (C=N–C) groups is 1. The Balaban J connectivity index is 1.83. The topological polar surface area (TPSA) is 28.1 Å². The fourth-order valence-electron chi connectivity index (χ4n) is 3.18. The number of halogens is 1. The number of ether oxygens (including phenoxy) is 1. The largest absolute Gasteiger partial charge is 0.454 e. The Morgan fingerprint density at radius 2 is 1.96 bits per heavy atom. The first-order valence-electron chi connectivity index (χ1n) is 8.22. The van der Waals surface area contributed by atoms with E-state index in [1.165, 1.54) is 0 Å². The molecule has 1 saturated heterocycles. The van der Waals surface area contributed by atoms with Gasteiger partial charge < -0.3 is 14.5 Å². The molecule has 2 aromatic rings. The molecule has 4 rings (SSSR count). The van der Waals surface area contributed by atoms with E-state index in [0.29, 0.717) is 11.1 Å². The van der Waals surface area contributed by atoms with Crippen LogP contribution in [0.1, 0.15) is 12.5 Å². The van der Waals surface area contributed by atoms with Gasteiger partial charge in [-0.15, -0.1) is 0 Å². The molecule has 1 unspecified atom stereocenters. The summed E-state index contributed by atoms with van der Waals surface area (Å²) in [5, 5.41) is 0.665. The standard InChI is InChI=1S/C19H20ClN3O/c1-13-12-23(10-9-22(13)2)19-15-5-3-4-6-17(15)24-18-8-7-14(20)11-16(18)21-19/h3-8,11,13H,9-10,12H2,1-2H3. The zero-order valence-corrected chi connectivity index (χ0v) is 14.6. The van der Waals surface area contributed by atoms with Crippen molar-refractivity contribution in [1.29, 1.82) is 0 Å². The summed E-state index contributed by atoms with van der Waals surface area (Å²) < 4.78 is 6.12. The molecule has 0 saturated carbocycles. The molecule has 0 radical (unpaired) electrons. The number of fused-ring (bicyclic) bond motifs is 2. The third-order valence-electron chi connectivity index (χ3n) is 4.75. The van der Waals surface area contributed by atoms with Crippen LogP contribution >= 0.6 is 11.6 Å². The van der Waals surface area contributed by atoms with E-state index < -0.39 is 0 Å². The highest BCUT2D eigenvalue weighted by Crippen LogP contribution is 2.39. The van der Waals surface area contributed by atoms with Crippen LogP contribution in [0, 0.1) is 0 Å². The van der Waals surface area contributed by atoms with Crippen molar-refractivity contribution < 1.29 is 4.74 Å². The minimum absolute atomic E-state index is 0.483. The van der Waals surface area contributed by atoms with Gasteiger partial charge in [-0.05, 0) is 44.3 Å². The molecule has 1 atom stereocenters. The second-order valence-corrected chi connectivity index (χ2v) is 6.86. The van der Waals surface area contributed by atoms with Gasteiger partial charge in [0.2, 0.25) is 0 Å². The second kappa shape index (κ2) is 6.11. The van der Waals surface area contributed by atoms with Crippen LogP contribution in [0.15, 0.2) is 47.5 Å². The Morgan fingerprint density at radius 3 is 2.79 bits per heavy atom. The van der Waals surface area contributed by atoms with Gasteiger partial charge in [0.15, 0.2) is 5.75 Å². The summed E-state index contributed by atoms with van der Waals surface area (Å²) in [5.74, 6) is 2.54. The molecule has 24 heavy (non-hydrogen) atoms. The average molecular weight is 342 g/mol. The maximum Gasteiger partial charge on any atom is 0.153 e. The first-order valence-corrected chi connectivity index (χ1v) is 8.60. The van der Waals surface area contributed by atoms with Crippen LogP contribution in [-0.4, -0.2) is 48.4 Å². The highest BCUT2D eigenvalue weighted by atomic mass is 35.5. The van der Waals surface area contributed by atoms with Crippen LogP contribution in [0.25, 0.3) is 0 Å². The van der Waals surface area contributed by atoms with Crippen molar-refractivity contribution in [3.63, 3.8) is 0 Å². The Morgan fingerprint density at radius 1 is 1.12 bits per heavy atom. The Bertz CT molecular complexity index is 805. The van der Waals surface area contributed by atoms with E-state index in [9.17, 15) is 0 Å². The molecule has 2 aliphatic rings. The second-order valence-electron chi connectivity index (χ2n) is 6.42. The van der Waals surface area contributed by atoms with Crippen molar-refractivity contribution in [2.24, 2.45) is 4.99 Å². The van der Waals surface area contributed by atoms with E-state index in [1.54, 1.807) is 0 Å². The fourth-order valence-corrected chi connectivity index (χ4v) is 3.35. The van der Waals surface area contributed by atoms with Crippen LogP contribution < -0.4 is 4.74 Å². The molecular formula is C19H20ClN3O.